The molecule has 1 aliphatic heterocycles. The summed E-state index contributed by atoms with van der Waals surface area (Å²) in [5, 5.41) is 5.02. The van der Waals surface area contributed by atoms with Gasteiger partial charge in [0.25, 0.3) is 11.8 Å². The minimum Gasteiger partial charge on any atom is -0.300 e. The summed E-state index contributed by atoms with van der Waals surface area (Å²) in [6.07, 6.45) is 2.31. The monoisotopic (exact) mass is 375 g/mol. The van der Waals surface area contributed by atoms with E-state index in [1.54, 1.807) is 36.0 Å². The van der Waals surface area contributed by atoms with Crippen LogP contribution >= 0.6 is 23.1 Å². The topological polar surface area (TPSA) is 79.4 Å². The van der Waals surface area contributed by atoms with Gasteiger partial charge < -0.3 is 5.32 Å². The van der Waals surface area contributed by atoms with E-state index >= 15 is 0 Å². The average molecular weight is 375 g/mol. The lowest BCUT2D eigenvalue weighted by Crippen LogP contribution is -2.47. The summed E-state index contributed by atoms with van der Waals surface area (Å²) in [5.74, 6) is -0.574. The maximum Gasteiger partial charge on any atom is 0.262 e. The molecule has 1 atom stereocenters. The number of benzene rings is 1. The Balaban J connectivity index is 1.87. The van der Waals surface area contributed by atoms with Crippen molar-refractivity contribution in [2.75, 3.05) is 17.3 Å². The van der Waals surface area contributed by atoms with Crippen molar-refractivity contribution in [3.63, 3.8) is 0 Å². The zero-order chi connectivity index (χ0) is 18.0. The quantitative estimate of drug-likeness (QED) is 0.786. The highest BCUT2D eigenvalue weighted by Crippen LogP contribution is 2.27. The molecular weight excluding hydrogens is 358 g/mol. The normalized spacial score (nSPS) is 14.6. The molecule has 0 fully saturated rings. The smallest absolute Gasteiger partial charge is 0.262 e. The number of nitrogens with zero attached hydrogens (tertiary/aromatic N) is 2. The lowest BCUT2D eigenvalue weighted by atomic mass is 10.1. The van der Waals surface area contributed by atoms with Crippen LogP contribution < -0.4 is 5.32 Å². The van der Waals surface area contributed by atoms with Gasteiger partial charge in [-0.1, -0.05) is 12.1 Å². The van der Waals surface area contributed by atoms with Crippen molar-refractivity contribution in [3.8, 4) is 0 Å². The Kier molecular flexibility index (Phi) is 5.19. The second kappa shape index (κ2) is 7.37. The van der Waals surface area contributed by atoms with Gasteiger partial charge in [0.15, 0.2) is 5.13 Å². The van der Waals surface area contributed by atoms with Gasteiger partial charge in [-0.25, -0.2) is 4.98 Å². The minimum absolute atomic E-state index is 0.347. The maximum atomic E-state index is 12.8. The van der Waals surface area contributed by atoms with Crippen LogP contribution in [-0.2, 0) is 4.79 Å². The molecule has 0 unspecified atom stereocenters. The largest absolute Gasteiger partial charge is 0.300 e. The number of aryl methyl sites for hydroxylation is 1. The third kappa shape index (κ3) is 3.45. The summed E-state index contributed by atoms with van der Waals surface area (Å²) >= 11 is 2.87. The highest BCUT2D eigenvalue weighted by Gasteiger charge is 2.42. The van der Waals surface area contributed by atoms with E-state index in [2.05, 4.69) is 10.3 Å². The summed E-state index contributed by atoms with van der Waals surface area (Å²) < 4.78 is 0. The molecule has 0 saturated carbocycles. The summed E-state index contributed by atoms with van der Waals surface area (Å²) in [6, 6.07) is 5.79. The number of anilines is 1. The fraction of sp³-hybridized carbons (Fsp3) is 0.294. The van der Waals surface area contributed by atoms with Gasteiger partial charge in [0.2, 0.25) is 5.91 Å². The first-order valence-electron chi connectivity index (χ1n) is 7.71. The molecule has 0 saturated heterocycles. The molecule has 2 heterocycles. The standard InChI is InChI=1S/C17H17N3O3S2/c1-10-9-25-17(18-10)19-14(21)13(7-8-24-2)20-15(22)11-5-3-4-6-12(11)16(20)23/h3-6,9,13H,7-8H2,1-2H3,(H,18,19,21)/t13-/m1/s1. The van der Waals surface area contributed by atoms with E-state index in [1.165, 1.54) is 11.3 Å². The number of nitrogens with one attached hydrogen (secondary N) is 1. The molecule has 0 radical (unpaired) electrons. The van der Waals surface area contributed by atoms with Crippen molar-refractivity contribution in [2.24, 2.45) is 0 Å². The van der Waals surface area contributed by atoms with E-state index < -0.39 is 23.8 Å². The fourth-order valence-electron chi connectivity index (χ4n) is 2.70. The average Bonchev–Trinajstić information content (AvgIpc) is 3.11. The first-order valence-corrected chi connectivity index (χ1v) is 9.99. The predicted molar refractivity (Wildman–Crippen MR) is 99.2 cm³/mol. The minimum atomic E-state index is -0.857. The number of hydrogen-bond acceptors (Lipinski definition) is 6. The lowest BCUT2D eigenvalue weighted by molar-refractivity contribution is -0.120. The summed E-state index contributed by atoms with van der Waals surface area (Å²) in [4.78, 5) is 43.4. The Morgan fingerprint density at radius 3 is 2.44 bits per heavy atom. The van der Waals surface area contributed by atoms with E-state index in [4.69, 9.17) is 0 Å². The van der Waals surface area contributed by atoms with Crippen LogP contribution in [0.2, 0.25) is 0 Å². The second-order valence-corrected chi connectivity index (χ2v) is 7.45. The van der Waals surface area contributed by atoms with Crippen LogP contribution in [0.1, 0.15) is 32.8 Å². The van der Waals surface area contributed by atoms with Crippen molar-refractivity contribution >= 4 is 46.0 Å². The van der Waals surface area contributed by atoms with Crippen LogP contribution in [0.5, 0.6) is 0 Å². The number of hydrogen-bond donors (Lipinski definition) is 1. The molecule has 2 aromatic rings. The first kappa shape index (κ1) is 17.6. The Hall–Kier alpha value is -2.19. The number of imide groups is 1. The number of thioether (sulfide) groups is 1. The number of aromatic nitrogens is 1. The van der Waals surface area contributed by atoms with Crippen LogP contribution in [0, 0.1) is 6.92 Å². The van der Waals surface area contributed by atoms with Crippen molar-refractivity contribution in [3.05, 3.63) is 46.5 Å². The van der Waals surface area contributed by atoms with Crippen molar-refractivity contribution in [1.29, 1.82) is 0 Å². The van der Waals surface area contributed by atoms with Crippen molar-refractivity contribution < 1.29 is 14.4 Å². The molecule has 0 spiro atoms. The summed E-state index contributed by atoms with van der Waals surface area (Å²) in [7, 11) is 0. The maximum absolute atomic E-state index is 12.8. The van der Waals surface area contributed by atoms with Gasteiger partial charge in [-0.3, -0.25) is 19.3 Å². The zero-order valence-electron chi connectivity index (χ0n) is 13.8. The number of fused-ring (bicyclic) bond motifs is 1. The van der Waals surface area contributed by atoms with E-state index in [1.807, 2.05) is 18.6 Å². The molecule has 1 aromatic heterocycles. The van der Waals surface area contributed by atoms with Gasteiger partial charge in [-0.15, -0.1) is 11.3 Å². The number of carbonyl (C=O) groups excluding carboxylic acids is 3. The molecule has 130 valence electrons. The first-order chi connectivity index (χ1) is 12.0. The molecule has 0 aliphatic carbocycles. The number of thiazole rings is 1. The van der Waals surface area contributed by atoms with Gasteiger partial charge in [0, 0.05) is 5.38 Å². The van der Waals surface area contributed by atoms with Gasteiger partial charge >= 0.3 is 0 Å². The number of rotatable bonds is 6. The lowest BCUT2D eigenvalue weighted by Gasteiger charge is -2.24. The van der Waals surface area contributed by atoms with Crippen LogP contribution in [0.25, 0.3) is 0 Å². The van der Waals surface area contributed by atoms with E-state index in [0.717, 1.165) is 10.6 Å². The molecule has 8 heteroatoms. The van der Waals surface area contributed by atoms with Crippen LogP contribution in [0.3, 0.4) is 0 Å². The van der Waals surface area contributed by atoms with E-state index in [-0.39, 0.29) is 0 Å². The zero-order valence-corrected chi connectivity index (χ0v) is 15.4. The van der Waals surface area contributed by atoms with Crippen LogP contribution in [-0.4, -0.2) is 45.7 Å². The second-order valence-electron chi connectivity index (χ2n) is 5.61. The van der Waals surface area contributed by atoms with Gasteiger partial charge in [-0.05, 0) is 37.5 Å². The molecule has 1 N–H and O–H groups in total. The molecule has 3 rings (SSSR count). The van der Waals surface area contributed by atoms with Gasteiger partial charge in [-0.2, -0.15) is 11.8 Å². The Labute approximate surface area is 153 Å². The van der Waals surface area contributed by atoms with Gasteiger partial charge in [0.05, 0.1) is 16.8 Å². The number of amides is 3. The summed E-state index contributed by atoms with van der Waals surface area (Å²) in [6.45, 7) is 1.83. The SMILES string of the molecule is CSCC[C@H](C(=O)Nc1nc(C)cs1)N1C(=O)c2ccccc2C1=O. The van der Waals surface area contributed by atoms with Crippen LogP contribution in [0.15, 0.2) is 29.6 Å². The highest BCUT2D eigenvalue weighted by atomic mass is 32.2. The molecule has 1 aromatic carbocycles. The third-order valence-electron chi connectivity index (χ3n) is 3.88. The molecule has 3 amide bonds. The Morgan fingerprint density at radius 1 is 1.28 bits per heavy atom. The molecule has 1 aliphatic rings. The van der Waals surface area contributed by atoms with Crippen molar-refractivity contribution in [1.82, 2.24) is 9.88 Å². The highest BCUT2D eigenvalue weighted by molar-refractivity contribution is 7.98. The Morgan fingerprint density at radius 2 is 1.92 bits per heavy atom. The summed E-state index contributed by atoms with van der Waals surface area (Å²) in [5.41, 5.74) is 1.50. The molecule has 25 heavy (non-hydrogen) atoms. The predicted octanol–water partition coefficient (Wildman–Crippen LogP) is 2.81. The van der Waals surface area contributed by atoms with E-state index in [9.17, 15) is 14.4 Å². The third-order valence-corrected chi connectivity index (χ3v) is 5.40. The molecule has 0 bridgehead atoms. The molecule has 6 nitrogen and oxygen atoms in total. The molecular formula is C17H17N3O3S2. The van der Waals surface area contributed by atoms with Gasteiger partial charge in [0.1, 0.15) is 6.04 Å². The number of carbonyl (C=O) groups is 3. The Bertz CT molecular complexity index is 799. The van der Waals surface area contributed by atoms with Crippen molar-refractivity contribution in [2.45, 2.75) is 19.4 Å². The van der Waals surface area contributed by atoms with E-state index in [0.29, 0.717) is 28.4 Å². The van der Waals surface area contributed by atoms with Crippen LogP contribution in [0.4, 0.5) is 5.13 Å². The fourth-order valence-corrected chi connectivity index (χ4v) is 3.85.